The summed E-state index contributed by atoms with van der Waals surface area (Å²) in [6.45, 7) is 4.86. The van der Waals surface area contributed by atoms with Crippen LogP contribution in [0.2, 0.25) is 0 Å². The molecular formula is C13H16N2O6. The summed E-state index contributed by atoms with van der Waals surface area (Å²) >= 11 is 0. The van der Waals surface area contributed by atoms with E-state index in [0.29, 0.717) is 0 Å². The predicted molar refractivity (Wildman–Crippen MR) is 72.8 cm³/mol. The Balaban J connectivity index is 3.06. The number of nitro benzene ring substituents is 1. The molecule has 1 aromatic rings. The Morgan fingerprint density at radius 1 is 1.33 bits per heavy atom. The van der Waals surface area contributed by atoms with Crippen molar-refractivity contribution in [2.45, 2.75) is 32.4 Å². The van der Waals surface area contributed by atoms with Gasteiger partial charge in [-0.1, -0.05) is 12.1 Å². The van der Waals surface area contributed by atoms with Gasteiger partial charge in [-0.3, -0.25) is 10.1 Å². The highest BCUT2D eigenvalue weighted by molar-refractivity contribution is 5.82. The summed E-state index contributed by atoms with van der Waals surface area (Å²) in [6, 6.07) is 3.74. The number of nitrogens with one attached hydrogen (secondary N) is 1. The molecule has 1 aromatic carbocycles. The summed E-state index contributed by atoms with van der Waals surface area (Å²) < 4.78 is 4.96. The number of hydrogen-bond acceptors (Lipinski definition) is 5. The van der Waals surface area contributed by atoms with Crippen LogP contribution in [0.1, 0.15) is 32.4 Å². The van der Waals surface area contributed by atoms with Gasteiger partial charge in [0.2, 0.25) is 0 Å². The third-order valence-electron chi connectivity index (χ3n) is 2.35. The van der Waals surface area contributed by atoms with E-state index in [9.17, 15) is 24.8 Å². The van der Waals surface area contributed by atoms with E-state index in [-0.39, 0.29) is 11.3 Å². The number of alkyl carbamates (subject to hydrolysis) is 1. The van der Waals surface area contributed by atoms with Crippen LogP contribution in [0.15, 0.2) is 24.3 Å². The van der Waals surface area contributed by atoms with E-state index in [4.69, 9.17) is 4.74 Å². The van der Waals surface area contributed by atoms with E-state index >= 15 is 0 Å². The van der Waals surface area contributed by atoms with Gasteiger partial charge in [0.1, 0.15) is 5.60 Å². The Bertz CT molecular complexity index is 564. The van der Waals surface area contributed by atoms with Crippen LogP contribution in [-0.2, 0) is 9.53 Å². The zero-order chi connectivity index (χ0) is 16.2. The number of hydrogen-bond donors (Lipinski definition) is 2. The van der Waals surface area contributed by atoms with Crippen molar-refractivity contribution in [1.82, 2.24) is 5.32 Å². The molecule has 0 saturated carbocycles. The van der Waals surface area contributed by atoms with Crippen LogP contribution in [0.4, 0.5) is 10.5 Å². The van der Waals surface area contributed by atoms with Gasteiger partial charge in [-0.2, -0.15) is 0 Å². The molecule has 0 aromatic heterocycles. The van der Waals surface area contributed by atoms with Crippen molar-refractivity contribution in [2.24, 2.45) is 0 Å². The summed E-state index contributed by atoms with van der Waals surface area (Å²) in [7, 11) is 0. The van der Waals surface area contributed by atoms with E-state index in [2.05, 4.69) is 5.32 Å². The molecule has 0 aliphatic carbocycles. The van der Waals surface area contributed by atoms with E-state index in [1.165, 1.54) is 24.3 Å². The minimum atomic E-state index is -1.57. The first-order valence-electron chi connectivity index (χ1n) is 6.07. The number of ether oxygens (including phenoxy) is 1. The van der Waals surface area contributed by atoms with Crippen LogP contribution in [-0.4, -0.2) is 27.7 Å². The van der Waals surface area contributed by atoms with Gasteiger partial charge in [0.05, 0.1) is 10.5 Å². The average Bonchev–Trinajstić information content (AvgIpc) is 2.33. The summed E-state index contributed by atoms with van der Waals surface area (Å²) in [5, 5.41) is 22.2. The largest absolute Gasteiger partial charge is 0.479 e. The van der Waals surface area contributed by atoms with Crippen LogP contribution in [0.3, 0.4) is 0 Å². The highest BCUT2D eigenvalue weighted by atomic mass is 16.6. The summed E-state index contributed by atoms with van der Waals surface area (Å²) in [5.41, 5.74) is -1.32. The van der Waals surface area contributed by atoms with Crippen molar-refractivity contribution in [3.63, 3.8) is 0 Å². The molecule has 0 fully saturated rings. The topological polar surface area (TPSA) is 119 Å². The minimum absolute atomic E-state index is 0.124. The normalized spacial score (nSPS) is 12.3. The van der Waals surface area contributed by atoms with Gasteiger partial charge in [0.15, 0.2) is 6.04 Å². The number of aliphatic carboxylic acids is 1. The molecule has 0 bridgehead atoms. The second-order valence-electron chi connectivity index (χ2n) is 5.23. The molecule has 0 spiro atoms. The molecule has 0 saturated heterocycles. The Morgan fingerprint density at radius 3 is 2.38 bits per heavy atom. The van der Waals surface area contributed by atoms with Gasteiger partial charge in [-0.15, -0.1) is 0 Å². The Labute approximate surface area is 120 Å². The maximum absolute atomic E-state index is 11.7. The van der Waals surface area contributed by atoms with Crippen LogP contribution >= 0.6 is 0 Å². The number of carbonyl (C=O) groups is 2. The molecule has 0 aliphatic heterocycles. The molecule has 0 aliphatic rings. The number of amides is 1. The van der Waals surface area contributed by atoms with Crippen LogP contribution in [0.5, 0.6) is 0 Å². The lowest BCUT2D eigenvalue weighted by Gasteiger charge is -2.22. The van der Waals surface area contributed by atoms with Crippen molar-refractivity contribution in [2.75, 3.05) is 0 Å². The molecule has 8 heteroatoms. The number of carboxylic acids is 1. The van der Waals surface area contributed by atoms with E-state index in [1.807, 2.05) is 0 Å². The molecule has 8 nitrogen and oxygen atoms in total. The average molecular weight is 296 g/mol. The summed E-state index contributed by atoms with van der Waals surface area (Å²) in [6.07, 6.45) is -0.965. The fourth-order valence-electron chi connectivity index (χ4n) is 1.60. The number of nitro groups is 1. The molecule has 0 unspecified atom stereocenters. The lowest BCUT2D eigenvalue weighted by atomic mass is 10.1. The van der Waals surface area contributed by atoms with Gasteiger partial charge < -0.3 is 15.2 Å². The lowest BCUT2D eigenvalue weighted by molar-refractivity contribution is -0.385. The number of para-hydroxylation sites is 1. The first-order chi connectivity index (χ1) is 9.61. The number of carboxylic acid groups (broad SMARTS) is 1. The van der Waals surface area contributed by atoms with Gasteiger partial charge in [-0.25, -0.2) is 9.59 Å². The molecule has 1 atom stereocenters. The third-order valence-corrected chi connectivity index (χ3v) is 2.35. The predicted octanol–water partition coefficient (Wildman–Crippen LogP) is 2.25. The fraction of sp³-hybridized carbons (Fsp3) is 0.385. The minimum Gasteiger partial charge on any atom is -0.479 e. The SMILES string of the molecule is CC(C)(C)OC(=O)N[C@H](C(=O)O)c1ccccc1[N+](=O)[O-]. The summed E-state index contributed by atoms with van der Waals surface area (Å²) in [5.74, 6) is -1.42. The molecule has 114 valence electrons. The van der Waals surface area contributed by atoms with Crippen molar-refractivity contribution in [1.29, 1.82) is 0 Å². The van der Waals surface area contributed by atoms with Crippen molar-refractivity contribution >= 4 is 17.7 Å². The zero-order valence-electron chi connectivity index (χ0n) is 11.8. The molecule has 0 radical (unpaired) electrons. The van der Waals surface area contributed by atoms with Gasteiger partial charge in [0.25, 0.3) is 5.69 Å². The van der Waals surface area contributed by atoms with E-state index < -0.39 is 28.6 Å². The monoisotopic (exact) mass is 296 g/mol. The maximum atomic E-state index is 11.7. The van der Waals surface area contributed by atoms with Crippen molar-refractivity contribution in [3.8, 4) is 0 Å². The van der Waals surface area contributed by atoms with E-state index in [0.717, 1.165) is 0 Å². The second-order valence-corrected chi connectivity index (χ2v) is 5.23. The number of nitrogens with zero attached hydrogens (tertiary/aromatic N) is 1. The van der Waals surface area contributed by atoms with Gasteiger partial charge in [-0.05, 0) is 26.8 Å². The smallest absolute Gasteiger partial charge is 0.408 e. The zero-order valence-corrected chi connectivity index (χ0v) is 11.8. The van der Waals surface area contributed by atoms with Crippen LogP contribution in [0, 0.1) is 10.1 Å². The molecule has 1 amide bonds. The highest BCUT2D eigenvalue weighted by Crippen LogP contribution is 2.25. The van der Waals surface area contributed by atoms with Crippen LogP contribution < -0.4 is 5.32 Å². The van der Waals surface area contributed by atoms with Crippen molar-refractivity contribution < 1.29 is 24.4 Å². The molecule has 0 heterocycles. The van der Waals surface area contributed by atoms with Gasteiger partial charge >= 0.3 is 12.1 Å². The molecule has 2 N–H and O–H groups in total. The third kappa shape index (κ3) is 4.75. The number of rotatable bonds is 4. The molecule has 1 rings (SSSR count). The quantitative estimate of drug-likeness (QED) is 0.649. The number of benzene rings is 1. The number of carbonyl (C=O) groups excluding carboxylic acids is 1. The first-order valence-corrected chi connectivity index (χ1v) is 6.07. The first kappa shape index (κ1) is 16.4. The van der Waals surface area contributed by atoms with E-state index in [1.54, 1.807) is 20.8 Å². The second kappa shape index (κ2) is 6.21. The van der Waals surface area contributed by atoms with Gasteiger partial charge in [0, 0.05) is 6.07 Å². The highest BCUT2D eigenvalue weighted by Gasteiger charge is 2.30. The molecule has 21 heavy (non-hydrogen) atoms. The standard InChI is InChI=1S/C13H16N2O6/c1-13(2,3)21-12(18)14-10(11(16)17)8-6-4-5-7-9(8)15(19)20/h4-7,10H,1-3H3,(H,14,18)(H,16,17)/t10-/m0/s1. The fourth-order valence-corrected chi connectivity index (χ4v) is 1.60. The van der Waals surface area contributed by atoms with Crippen LogP contribution in [0.25, 0.3) is 0 Å². The molecular weight excluding hydrogens is 280 g/mol. The maximum Gasteiger partial charge on any atom is 0.408 e. The Kier molecular flexibility index (Phi) is 4.85. The summed E-state index contributed by atoms with van der Waals surface area (Å²) in [4.78, 5) is 33.2. The van der Waals surface area contributed by atoms with Crippen molar-refractivity contribution in [3.05, 3.63) is 39.9 Å². The Morgan fingerprint density at radius 2 is 1.90 bits per heavy atom. The Hall–Kier alpha value is -2.64. The lowest BCUT2D eigenvalue weighted by Crippen LogP contribution is -2.38.